The number of nitrogens with zero attached hydrogens (tertiary/aromatic N) is 3. The van der Waals surface area contributed by atoms with Gasteiger partial charge in [0.05, 0.1) is 11.6 Å². The summed E-state index contributed by atoms with van der Waals surface area (Å²) in [7, 11) is 0. The second-order valence-electron chi connectivity index (χ2n) is 8.26. The SMILES string of the molecule is Cc1ccccc1-c1ccc(N2CCCC(C(=O)NCCCc3ccccc3)C2)nn1. The number of rotatable bonds is 7. The minimum atomic E-state index is 0.00307. The Kier molecular flexibility index (Phi) is 6.92. The minimum absolute atomic E-state index is 0.00307. The van der Waals surface area contributed by atoms with Crippen LogP contribution in [-0.2, 0) is 11.2 Å². The quantitative estimate of drug-likeness (QED) is 0.582. The predicted molar refractivity (Wildman–Crippen MR) is 125 cm³/mol. The van der Waals surface area contributed by atoms with Crippen LogP contribution in [-0.4, -0.2) is 35.7 Å². The second kappa shape index (κ2) is 10.2. The molecule has 4 rings (SSSR count). The topological polar surface area (TPSA) is 58.1 Å². The molecule has 1 fully saturated rings. The number of nitrogens with one attached hydrogen (secondary N) is 1. The van der Waals surface area contributed by atoms with Crippen molar-refractivity contribution in [2.75, 3.05) is 24.5 Å². The molecule has 5 nitrogen and oxygen atoms in total. The first-order chi connectivity index (χ1) is 15.2. The number of carbonyl (C=O) groups excluding carboxylic acids is 1. The fourth-order valence-electron chi connectivity index (χ4n) is 4.19. The largest absolute Gasteiger partial charge is 0.356 e. The molecule has 5 heteroatoms. The van der Waals surface area contributed by atoms with Gasteiger partial charge in [-0.1, -0.05) is 54.6 Å². The lowest BCUT2D eigenvalue weighted by atomic mass is 9.97. The molecule has 1 aromatic heterocycles. The number of amides is 1. The van der Waals surface area contributed by atoms with Crippen LogP contribution in [0.15, 0.2) is 66.7 Å². The van der Waals surface area contributed by atoms with Crippen molar-refractivity contribution in [3.63, 3.8) is 0 Å². The van der Waals surface area contributed by atoms with Crippen LogP contribution in [0.5, 0.6) is 0 Å². The van der Waals surface area contributed by atoms with Crippen LogP contribution in [0.3, 0.4) is 0 Å². The second-order valence-corrected chi connectivity index (χ2v) is 8.26. The summed E-state index contributed by atoms with van der Waals surface area (Å²) in [6.07, 6.45) is 3.86. The summed E-state index contributed by atoms with van der Waals surface area (Å²) in [5.74, 6) is 1.00. The van der Waals surface area contributed by atoms with Crippen molar-refractivity contribution in [3.8, 4) is 11.3 Å². The molecule has 31 heavy (non-hydrogen) atoms. The van der Waals surface area contributed by atoms with Gasteiger partial charge in [-0.3, -0.25) is 4.79 Å². The van der Waals surface area contributed by atoms with Gasteiger partial charge in [-0.2, -0.15) is 0 Å². The lowest BCUT2D eigenvalue weighted by Crippen LogP contribution is -2.43. The van der Waals surface area contributed by atoms with Crippen molar-refractivity contribution in [1.29, 1.82) is 0 Å². The van der Waals surface area contributed by atoms with Crippen LogP contribution in [0.25, 0.3) is 11.3 Å². The molecule has 1 amide bonds. The van der Waals surface area contributed by atoms with Gasteiger partial charge in [0, 0.05) is 25.2 Å². The number of hydrogen-bond donors (Lipinski definition) is 1. The van der Waals surface area contributed by atoms with E-state index in [1.807, 2.05) is 30.3 Å². The maximum absolute atomic E-state index is 12.7. The highest BCUT2D eigenvalue weighted by atomic mass is 16.1. The van der Waals surface area contributed by atoms with Gasteiger partial charge in [0.2, 0.25) is 5.91 Å². The fraction of sp³-hybridized carbons (Fsp3) is 0.346. The standard InChI is InChI=1S/C26H30N4O/c1-20-9-5-6-14-23(20)24-15-16-25(29-28-24)30-18-8-13-22(19-30)26(31)27-17-7-12-21-10-3-2-4-11-21/h2-6,9-11,14-16,22H,7-8,12-13,17-19H2,1H3,(H,27,31). The van der Waals surface area contributed by atoms with E-state index in [4.69, 9.17) is 0 Å². The van der Waals surface area contributed by atoms with Crippen LogP contribution >= 0.6 is 0 Å². The lowest BCUT2D eigenvalue weighted by molar-refractivity contribution is -0.125. The van der Waals surface area contributed by atoms with Gasteiger partial charge in [0.1, 0.15) is 0 Å². The Bertz CT molecular complexity index is 988. The zero-order valence-electron chi connectivity index (χ0n) is 18.1. The summed E-state index contributed by atoms with van der Waals surface area (Å²) >= 11 is 0. The molecule has 1 aliphatic heterocycles. The number of aryl methyl sites for hydroxylation is 2. The lowest BCUT2D eigenvalue weighted by Gasteiger charge is -2.32. The molecule has 0 aliphatic carbocycles. The zero-order chi connectivity index (χ0) is 21.5. The molecule has 1 saturated heterocycles. The van der Waals surface area contributed by atoms with E-state index in [1.54, 1.807) is 0 Å². The molecule has 0 saturated carbocycles. The summed E-state index contributed by atoms with van der Waals surface area (Å²) < 4.78 is 0. The van der Waals surface area contributed by atoms with Gasteiger partial charge < -0.3 is 10.2 Å². The Balaban J connectivity index is 1.29. The highest BCUT2D eigenvalue weighted by molar-refractivity contribution is 5.79. The third-order valence-corrected chi connectivity index (χ3v) is 5.97. The van der Waals surface area contributed by atoms with Crippen LogP contribution < -0.4 is 10.2 Å². The zero-order valence-corrected chi connectivity index (χ0v) is 18.1. The maximum Gasteiger partial charge on any atom is 0.224 e. The molecule has 1 unspecified atom stereocenters. The molecule has 1 atom stereocenters. The highest BCUT2D eigenvalue weighted by Crippen LogP contribution is 2.25. The van der Waals surface area contributed by atoms with Crippen molar-refractivity contribution in [1.82, 2.24) is 15.5 Å². The predicted octanol–water partition coefficient (Wildman–Crippen LogP) is 4.42. The van der Waals surface area contributed by atoms with E-state index in [2.05, 4.69) is 63.7 Å². The van der Waals surface area contributed by atoms with Gasteiger partial charge >= 0.3 is 0 Å². The first kappa shape index (κ1) is 21.0. The van der Waals surface area contributed by atoms with Crippen molar-refractivity contribution in [3.05, 3.63) is 77.9 Å². The summed E-state index contributed by atoms with van der Waals surface area (Å²) in [5.41, 5.74) is 4.49. The molecular formula is C26H30N4O. The molecule has 1 N–H and O–H groups in total. The van der Waals surface area contributed by atoms with Gasteiger partial charge in [0.15, 0.2) is 5.82 Å². The molecular weight excluding hydrogens is 384 g/mol. The van der Waals surface area contributed by atoms with E-state index in [9.17, 15) is 4.79 Å². The summed E-state index contributed by atoms with van der Waals surface area (Å²) in [6, 6.07) is 22.7. The van der Waals surface area contributed by atoms with E-state index in [1.165, 1.54) is 11.1 Å². The first-order valence-corrected chi connectivity index (χ1v) is 11.2. The summed E-state index contributed by atoms with van der Waals surface area (Å²) in [5, 5.41) is 12.0. The van der Waals surface area contributed by atoms with Gasteiger partial charge in [-0.05, 0) is 55.9 Å². The van der Waals surface area contributed by atoms with Crippen molar-refractivity contribution >= 4 is 11.7 Å². The van der Waals surface area contributed by atoms with E-state index in [0.717, 1.165) is 55.8 Å². The highest BCUT2D eigenvalue weighted by Gasteiger charge is 2.26. The van der Waals surface area contributed by atoms with Crippen LogP contribution in [0.1, 0.15) is 30.4 Å². The fourth-order valence-corrected chi connectivity index (χ4v) is 4.19. The average Bonchev–Trinajstić information content (AvgIpc) is 2.83. The van der Waals surface area contributed by atoms with Gasteiger partial charge in [-0.15, -0.1) is 10.2 Å². The summed E-state index contributed by atoms with van der Waals surface area (Å²) in [6.45, 7) is 4.41. The number of aromatic nitrogens is 2. The number of benzene rings is 2. The molecule has 0 radical (unpaired) electrons. The van der Waals surface area contributed by atoms with Crippen LogP contribution in [0.2, 0.25) is 0 Å². The Morgan fingerprint density at radius 3 is 2.61 bits per heavy atom. The molecule has 3 aromatic rings. The number of piperidine rings is 1. The molecule has 0 bridgehead atoms. The number of hydrogen-bond acceptors (Lipinski definition) is 4. The number of carbonyl (C=O) groups is 1. The Hall–Kier alpha value is -3.21. The van der Waals surface area contributed by atoms with Crippen LogP contribution in [0, 0.1) is 12.8 Å². The normalized spacial score (nSPS) is 16.2. The maximum atomic E-state index is 12.7. The molecule has 2 heterocycles. The minimum Gasteiger partial charge on any atom is -0.356 e. The van der Waals surface area contributed by atoms with E-state index in [0.29, 0.717) is 6.54 Å². The third kappa shape index (κ3) is 5.48. The molecule has 0 spiro atoms. The van der Waals surface area contributed by atoms with Crippen molar-refractivity contribution in [2.24, 2.45) is 5.92 Å². The Labute approximate surface area is 184 Å². The summed E-state index contributed by atoms with van der Waals surface area (Å²) in [4.78, 5) is 14.9. The smallest absolute Gasteiger partial charge is 0.224 e. The Morgan fingerprint density at radius 1 is 1.03 bits per heavy atom. The monoisotopic (exact) mass is 414 g/mol. The Morgan fingerprint density at radius 2 is 1.84 bits per heavy atom. The van der Waals surface area contributed by atoms with Gasteiger partial charge in [-0.25, -0.2) is 0 Å². The van der Waals surface area contributed by atoms with Crippen LogP contribution in [0.4, 0.5) is 5.82 Å². The number of anilines is 1. The van der Waals surface area contributed by atoms with Crippen molar-refractivity contribution in [2.45, 2.75) is 32.6 Å². The third-order valence-electron chi connectivity index (χ3n) is 5.97. The first-order valence-electron chi connectivity index (χ1n) is 11.2. The van der Waals surface area contributed by atoms with E-state index < -0.39 is 0 Å². The van der Waals surface area contributed by atoms with Gasteiger partial charge in [0.25, 0.3) is 0 Å². The molecule has 2 aromatic carbocycles. The average molecular weight is 415 g/mol. The van der Waals surface area contributed by atoms with E-state index >= 15 is 0 Å². The molecule has 1 aliphatic rings. The molecule has 160 valence electrons. The van der Waals surface area contributed by atoms with E-state index in [-0.39, 0.29) is 11.8 Å². The van der Waals surface area contributed by atoms with Crippen molar-refractivity contribution < 1.29 is 4.79 Å².